The Hall–Kier alpha value is -2.45. The summed E-state index contributed by atoms with van der Waals surface area (Å²) >= 11 is 1.73. The second-order valence-corrected chi connectivity index (χ2v) is 13.6. The van der Waals surface area contributed by atoms with E-state index in [0.717, 1.165) is 5.56 Å². The average molecular weight is 544 g/mol. The zero-order valence-electron chi connectivity index (χ0n) is 24.9. The van der Waals surface area contributed by atoms with Crippen LogP contribution in [-0.4, -0.2) is 70.8 Å². The van der Waals surface area contributed by atoms with Crippen LogP contribution in [0.1, 0.15) is 73.3 Å². The molecule has 0 bridgehead atoms. The van der Waals surface area contributed by atoms with Gasteiger partial charge in [0, 0.05) is 22.8 Å². The molecule has 0 spiro atoms. The molecule has 1 unspecified atom stereocenters. The van der Waals surface area contributed by atoms with Crippen molar-refractivity contribution in [1.29, 1.82) is 0 Å². The second-order valence-electron chi connectivity index (χ2n) is 11.8. The predicted octanol–water partition coefficient (Wildman–Crippen LogP) is 5.52. The van der Waals surface area contributed by atoms with Crippen molar-refractivity contribution < 1.29 is 19.1 Å². The Labute approximate surface area is 233 Å². The lowest BCUT2D eigenvalue weighted by atomic mass is 9.87. The summed E-state index contributed by atoms with van der Waals surface area (Å²) in [5, 5.41) is 0.00752. The summed E-state index contributed by atoms with van der Waals surface area (Å²) < 4.78 is 4.71. The zero-order valence-corrected chi connectivity index (χ0v) is 25.7. The summed E-state index contributed by atoms with van der Waals surface area (Å²) in [6.45, 7) is 17.5. The number of amides is 2. The van der Waals surface area contributed by atoms with Crippen LogP contribution in [0.2, 0.25) is 0 Å². The molecular weight excluding hydrogens is 498 g/mol. The molecule has 0 aromatic heterocycles. The topological polar surface area (TPSA) is 79.3 Å². The fourth-order valence-electron chi connectivity index (χ4n) is 4.78. The van der Waals surface area contributed by atoms with E-state index < -0.39 is 22.2 Å². The van der Waals surface area contributed by atoms with E-state index in [1.165, 1.54) is 0 Å². The van der Waals surface area contributed by atoms with Crippen molar-refractivity contribution >= 4 is 35.3 Å². The van der Waals surface area contributed by atoms with Gasteiger partial charge in [0.1, 0.15) is 11.8 Å². The minimum absolute atomic E-state index is 0.00752. The number of esters is 1. The molecule has 1 aliphatic rings. The third kappa shape index (κ3) is 7.35. The number of aliphatic imine (C=N–C) groups is 1. The Balaban J connectivity index is 2.43. The average Bonchev–Trinajstić information content (AvgIpc) is 3.07. The fourth-order valence-corrected chi connectivity index (χ4v) is 6.34. The lowest BCUT2D eigenvalue weighted by Crippen LogP contribution is -2.48. The molecule has 1 aliphatic heterocycles. The van der Waals surface area contributed by atoms with Gasteiger partial charge in [0.2, 0.25) is 0 Å². The summed E-state index contributed by atoms with van der Waals surface area (Å²) in [6, 6.07) is 9.23. The molecule has 1 heterocycles. The summed E-state index contributed by atoms with van der Waals surface area (Å²) in [5.41, 5.74) is 1.10. The van der Waals surface area contributed by atoms with Crippen LogP contribution in [0.25, 0.3) is 0 Å². The van der Waals surface area contributed by atoms with Crippen LogP contribution < -0.4 is 0 Å². The lowest BCUT2D eigenvalue weighted by molar-refractivity contribution is -0.138. The van der Waals surface area contributed by atoms with Crippen LogP contribution >= 0.6 is 11.8 Å². The van der Waals surface area contributed by atoms with E-state index in [1.807, 2.05) is 59.9 Å². The van der Waals surface area contributed by atoms with Gasteiger partial charge in [-0.15, -0.1) is 11.8 Å². The number of likely N-dealkylation sites (N-methyl/N-ethyl adjacent to an activating group) is 2. The van der Waals surface area contributed by atoms with Crippen LogP contribution in [0.3, 0.4) is 0 Å². The van der Waals surface area contributed by atoms with Crippen molar-refractivity contribution in [3.8, 4) is 0 Å². The van der Waals surface area contributed by atoms with E-state index in [4.69, 9.17) is 4.74 Å². The van der Waals surface area contributed by atoms with Crippen molar-refractivity contribution in [2.75, 3.05) is 20.7 Å². The van der Waals surface area contributed by atoms with E-state index >= 15 is 0 Å². The van der Waals surface area contributed by atoms with Crippen molar-refractivity contribution in [2.45, 2.75) is 84.5 Å². The van der Waals surface area contributed by atoms with E-state index in [2.05, 4.69) is 35.9 Å². The Morgan fingerprint density at radius 1 is 1.18 bits per heavy atom. The van der Waals surface area contributed by atoms with Crippen molar-refractivity contribution in [3.05, 3.63) is 47.5 Å². The van der Waals surface area contributed by atoms with Crippen LogP contribution in [-0.2, 0) is 19.1 Å². The van der Waals surface area contributed by atoms with E-state index in [1.54, 1.807) is 43.6 Å². The van der Waals surface area contributed by atoms with E-state index in [0.29, 0.717) is 5.57 Å². The number of carbonyl (C=O) groups excluding carboxylic acids is 3. The standard InChI is InChI=1S/C30H45N3O4S/c1-12-37-28(36)20(4)18-22(19(2)3)32(10)26(35)23(29(5,6)7)31-25(34)24-30(8,9)38-27(33(24)11)21-16-14-13-15-17-21/h13-19,22,24,27H,12H2,1-11H3/b20-18+,31-23?/t22-,24-,27?/m1/s1. The molecule has 0 saturated carbocycles. The third-order valence-electron chi connectivity index (χ3n) is 6.77. The molecule has 1 aromatic rings. The van der Waals surface area contributed by atoms with Gasteiger partial charge >= 0.3 is 5.97 Å². The number of hydrogen-bond donors (Lipinski definition) is 0. The van der Waals surface area contributed by atoms with Gasteiger partial charge in [0.25, 0.3) is 11.8 Å². The summed E-state index contributed by atoms with van der Waals surface area (Å²) in [7, 11) is 3.64. The Kier molecular flexibility index (Phi) is 10.5. The molecular formula is C30H45N3O4S. The number of benzene rings is 1. The zero-order chi connectivity index (χ0) is 29.0. The molecule has 2 rings (SSSR count). The summed E-state index contributed by atoms with van der Waals surface area (Å²) in [4.78, 5) is 48.1. The Bertz CT molecular complexity index is 1070. The highest BCUT2D eigenvalue weighted by Gasteiger charge is 2.50. The molecule has 1 aromatic carbocycles. The largest absolute Gasteiger partial charge is 0.463 e. The van der Waals surface area contributed by atoms with Crippen LogP contribution in [0, 0.1) is 11.3 Å². The van der Waals surface area contributed by atoms with Gasteiger partial charge in [-0.05, 0) is 46.2 Å². The molecule has 0 radical (unpaired) electrons. The van der Waals surface area contributed by atoms with Gasteiger partial charge in [-0.2, -0.15) is 0 Å². The predicted molar refractivity (Wildman–Crippen MR) is 156 cm³/mol. The van der Waals surface area contributed by atoms with Gasteiger partial charge in [-0.1, -0.05) is 71.0 Å². The third-order valence-corrected chi connectivity index (χ3v) is 8.43. The van der Waals surface area contributed by atoms with Crippen LogP contribution in [0.15, 0.2) is 47.0 Å². The molecule has 3 atom stereocenters. The minimum Gasteiger partial charge on any atom is -0.463 e. The molecule has 8 heteroatoms. The maximum atomic E-state index is 13.9. The van der Waals surface area contributed by atoms with Crippen LogP contribution in [0.4, 0.5) is 0 Å². The second kappa shape index (κ2) is 12.6. The number of rotatable bonds is 8. The van der Waals surface area contributed by atoms with Crippen molar-refractivity contribution in [3.63, 3.8) is 0 Å². The normalized spacial score (nSPS) is 21.4. The fraction of sp³-hybridized carbons (Fsp3) is 0.600. The van der Waals surface area contributed by atoms with Gasteiger partial charge < -0.3 is 9.64 Å². The molecule has 2 amide bonds. The minimum atomic E-state index is -0.671. The molecule has 0 N–H and O–H groups in total. The lowest BCUT2D eigenvalue weighted by Gasteiger charge is -2.33. The number of hydrogen-bond acceptors (Lipinski definition) is 6. The van der Waals surface area contributed by atoms with E-state index in [9.17, 15) is 14.4 Å². The van der Waals surface area contributed by atoms with Gasteiger partial charge in [0.05, 0.1) is 18.0 Å². The van der Waals surface area contributed by atoms with Gasteiger partial charge in [-0.3, -0.25) is 14.5 Å². The number of thioether (sulfide) groups is 1. The van der Waals surface area contributed by atoms with E-state index in [-0.39, 0.29) is 41.5 Å². The molecule has 0 aliphatic carbocycles. The van der Waals surface area contributed by atoms with Gasteiger partial charge in [0.15, 0.2) is 0 Å². The molecule has 1 saturated heterocycles. The van der Waals surface area contributed by atoms with Crippen molar-refractivity contribution in [2.24, 2.45) is 16.3 Å². The smallest absolute Gasteiger partial charge is 0.333 e. The first kappa shape index (κ1) is 31.8. The number of nitrogens with zero attached hydrogens (tertiary/aromatic N) is 3. The Morgan fingerprint density at radius 2 is 1.76 bits per heavy atom. The Morgan fingerprint density at radius 3 is 2.26 bits per heavy atom. The molecule has 7 nitrogen and oxygen atoms in total. The maximum absolute atomic E-state index is 13.9. The highest BCUT2D eigenvalue weighted by Crippen LogP contribution is 2.51. The van der Waals surface area contributed by atoms with Crippen LogP contribution in [0.5, 0.6) is 0 Å². The monoisotopic (exact) mass is 543 g/mol. The SMILES string of the molecule is CCOC(=O)/C(C)=C/[C@H](C(C)C)N(C)C(=O)C(=NC(=O)[C@H]1N(C)C(c2ccccc2)SC1(C)C)C(C)(C)C. The quantitative estimate of drug-likeness (QED) is 0.244. The molecule has 210 valence electrons. The first-order chi connectivity index (χ1) is 17.5. The number of ether oxygens (including phenoxy) is 1. The molecule has 38 heavy (non-hydrogen) atoms. The van der Waals surface area contributed by atoms with Gasteiger partial charge in [-0.25, -0.2) is 9.79 Å². The first-order valence-electron chi connectivity index (χ1n) is 13.2. The van der Waals surface area contributed by atoms with Crippen molar-refractivity contribution in [1.82, 2.24) is 9.80 Å². The molecule has 1 fully saturated rings. The first-order valence-corrected chi connectivity index (χ1v) is 14.1. The summed E-state index contributed by atoms with van der Waals surface area (Å²) in [5.74, 6) is -1.04. The maximum Gasteiger partial charge on any atom is 0.333 e. The number of carbonyl (C=O) groups is 3. The summed E-state index contributed by atoms with van der Waals surface area (Å²) in [6.07, 6.45) is 1.76. The highest BCUT2D eigenvalue weighted by molar-refractivity contribution is 8.01. The highest BCUT2D eigenvalue weighted by atomic mass is 32.2.